The average molecular weight is 436 g/mol. The first-order valence-electron chi connectivity index (χ1n) is 11.4. The standard InChI is InChI=1S/C21H39N5O4/c1-2-24-12-14-25(15-13-24)16-18-6-5-11-26(18)17-20(28)23-9-3-7-19(27)22-10-4-8-21(29)30/h18H,2-17H2,1H3,(H,22,27)(H,23,28)(H,29,30)/i5+1,6+1,11+1,12+1,13+1,14+1,15+1,16+1,18+1,22+1,23+1. The van der Waals surface area contributed by atoms with Crippen LogP contribution in [0.3, 0.4) is 0 Å². The molecule has 1 unspecified atom stereocenters. The first-order valence-corrected chi connectivity index (χ1v) is 11.4. The van der Waals surface area contributed by atoms with Crippen LogP contribution in [0.25, 0.3) is 0 Å². The molecule has 0 saturated carbocycles. The van der Waals surface area contributed by atoms with E-state index in [0.29, 0.717) is 44.9 Å². The molecule has 2 heterocycles. The first kappa shape index (κ1) is 24.6. The second-order valence-electron chi connectivity index (χ2n) is 8.30. The van der Waals surface area contributed by atoms with Gasteiger partial charge in [0.05, 0.1) is 6.54 Å². The van der Waals surface area contributed by atoms with E-state index in [2.05, 4.69) is 32.3 Å². The Kier molecular flexibility index (Phi) is 11.1. The molecule has 0 radical (unpaired) electrons. The molecule has 9 nitrogen and oxygen atoms in total. The lowest BCUT2D eigenvalue weighted by Gasteiger charge is -2.37. The maximum atomic E-state index is 12.3. The Hall–Kier alpha value is -1.71. The predicted molar refractivity (Wildman–Crippen MR) is 115 cm³/mol. The van der Waals surface area contributed by atoms with Gasteiger partial charge in [-0.3, -0.25) is 24.2 Å². The molecule has 2 amide bonds. The van der Waals surface area contributed by atoms with Crippen molar-refractivity contribution in [3.63, 3.8) is 0 Å². The van der Waals surface area contributed by atoms with E-state index >= 15 is 0 Å². The van der Waals surface area contributed by atoms with Gasteiger partial charge in [0.2, 0.25) is 11.8 Å². The number of carbonyl (C=O) groups excluding carboxylic acids is 2. The molecule has 2 aliphatic heterocycles. The number of piperazine rings is 1. The molecule has 1 atom stereocenters. The van der Waals surface area contributed by atoms with Crippen molar-refractivity contribution >= 4 is 17.8 Å². The fraction of sp³-hybridized carbons (Fsp3) is 0.857. The van der Waals surface area contributed by atoms with Crippen molar-refractivity contribution < 1.29 is 19.5 Å². The van der Waals surface area contributed by atoms with Gasteiger partial charge in [-0.15, -0.1) is 0 Å². The lowest BCUT2D eigenvalue weighted by Crippen LogP contribution is -2.51. The summed E-state index contributed by atoms with van der Waals surface area (Å²) in [5.74, 6) is -0.928. The van der Waals surface area contributed by atoms with Gasteiger partial charge < -0.3 is 20.6 Å². The molecule has 0 aromatic heterocycles. The van der Waals surface area contributed by atoms with Crippen molar-refractivity contribution in [2.24, 2.45) is 0 Å². The molecule has 2 fully saturated rings. The number of likely N-dealkylation sites (tertiary alicyclic amines) is 1. The van der Waals surface area contributed by atoms with Gasteiger partial charge in [0.1, 0.15) is 0 Å². The largest absolute Gasteiger partial charge is 0.481 e. The molecule has 0 aromatic carbocycles. The van der Waals surface area contributed by atoms with E-state index in [0.717, 1.165) is 58.7 Å². The van der Waals surface area contributed by atoms with Crippen LogP contribution in [0.2, 0.25) is 0 Å². The Morgan fingerprint density at radius 1 is 0.900 bits per heavy atom. The highest BCUT2D eigenvalue weighted by Gasteiger charge is 2.28. The number of aliphatic carboxylic acids is 1. The summed E-state index contributed by atoms with van der Waals surface area (Å²) in [6, 6.07) is 0.459. The highest BCUT2D eigenvalue weighted by molar-refractivity contribution is 5.78. The highest BCUT2D eigenvalue weighted by atomic mass is 16.4. The fourth-order valence-corrected chi connectivity index (χ4v) is 4.17. The number of hydrogen-bond acceptors (Lipinski definition) is 6. The van der Waals surface area contributed by atoms with E-state index in [1.165, 1.54) is 0 Å². The maximum Gasteiger partial charge on any atom is 0.303 e. The van der Waals surface area contributed by atoms with Gasteiger partial charge in [0.25, 0.3) is 0 Å². The minimum atomic E-state index is -0.855. The molecule has 2 aliphatic rings. The fourth-order valence-electron chi connectivity index (χ4n) is 4.17. The average Bonchev–Trinajstić information content (AvgIpc) is 3.15. The minimum Gasteiger partial charge on any atom is -0.481 e. The van der Waals surface area contributed by atoms with E-state index in [1.807, 2.05) is 0 Å². The third kappa shape index (κ3) is 9.40. The lowest BCUT2D eigenvalue weighted by molar-refractivity contribution is -0.137. The normalized spacial score (nSPS) is 20.9. The zero-order chi connectivity index (χ0) is 21.8. The summed E-state index contributed by atoms with van der Waals surface area (Å²) in [5.41, 5.74) is 0. The Bertz CT molecular complexity index is 552. The van der Waals surface area contributed by atoms with Crippen molar-refractivity contribution in [2.45, 2.75) is 51.5 Å². The van der Waals surface area contributed by atoms with Crippen LogP contribution < -0.4 is 10.6 Å². The SMILES string of the molecule is CCN1[13CH2][13CH2]N([13CH2][13CH]2[13CH2][13CH2][13CH2]N2CC(=O)[15NH]CCCC(=O)[15NH]CCCC(=O)O)[13CH2][13CH2]1. The van der Waals surface area contributed by atoms with Gasteiger partial charge in [-0.25, -0.2) is 0 Å². The summed E-state index contributed by atoms with van der Waals surface area (Å²) in [4.78, 5) is 41.7. The van der Waals surface area contributed by atoms with Crippen molar-refractivity contribution in [3.8, 4) is 0 Å². The quantitative estimate of drug-likeness (QED) is 0.211. The van der Waals surface area contributed by atoms with Crippen molar-refractivity contribution in [3.05, 3.63) is 0 Å². The van der Waals surface area contributed by atoms with Gasteiger partial charge in [0, 0.05) is 64.7 Å². The summed E-state index contributed by atoms with van der Waals surface area (Å²) in [6.45, 7) is 11.1. The van der Waals surface area contributed by atoms with E-state index in [9.17, 15) is 14.4 Å². The zero-order valence-corrected chi connectivity index (χ0v) is 18.4. The molecule has 2 saturated heterocycles. The Labute approximate surface area is 180 Å². The van der Waals surface area contributed by atoms with Crippen LogP contribution in [0.5, 0.6) is 0 Å². The van der Waals surface area contributed by atoms with Crippen LogP contribution in [-0.4, -0.2) is 109 Å². The van der Waals surface area contributed by atoms with Gasteiger partial charge in [-0.1, -0.05) is 6.92 Å². The maximum absolute atomic E-state index is 12.3. The summed E-state index contributed by atoms with van der Waals surface area (Å²) in [6.07, 6.45) is 3.72. The molecule has 0 aromatic rings. The van der Waals surface area contributed by atoms with Crippen LogP contribution >= 0.6 is 0 Å². The molecule has 30 heavy (non-hydrogen) atoms. The molecule has 9 heteroatoms. The molecular formula is C21H39N5O4. The van der Waals surface area contributed by atoms with Crippen molar-refractivity contribution in [1.29, 1.82) is 0 Å². The van der Waals surface area contributed by atoms with Gasteiger partial charge in [-0.2, -0.15) is 0 Å². The Morgan fingerprint density at radius 2 is 1.53 bits per heavy atom. The second kappa shape index (κ2) is 13.6. The zero-order valence-electron chi connectivity index (χ0n) is 18.4. The van der Waals surface area contributed by atoms with Crippen molar-refractivity contribution in [1.82, 2.24) is 25.3 Å². The number of rotatable bonds is 13. The monoisotopic (exact) mass is 436 g/mol. The summed E-state index contributed by atoms with van der Waals surface area (Å²) in [5, 5.41) is 14.2. The number of nitrogens with one attached hydrogen (secondary N) is 2. The minimum absolute atomic E-state index is 0.0274. The number of carboxylic acids is 1. The molecule has 3 N–H and O–H groups in total. The smallest absolute Gasteiger partial charge is 0.303 e. The Morgan fingerprint density at radius 3 is 2.20 bits per heavy atom. The molecule has 0 bridgehead atoms. The summed E-state index contributed by atoms with van der Waals surface area (Å²) < 4.78 is 0. The second-order valence-corrected chi connectivity index (χ2v) is 8.30. The van der Waals surface area contributed by atoms with Crippen LogP contribution in [0.15, 0.2) is 0 Å². The van der Waals surface area contributed by atoms with E-state index < -0.39 is 5.97 Å². The van der Waals surface area contributed by atoms with Crippen LogP contribution in [0.4, 0.5) is 0 Å². The van der Waals surface area contributed by atoms with Crippen LogP contribution in [0, 0.1) is 0 Å². The van der Waals surface area contributed by atoms with Crippen molar-refractivity contribution in [2.75, 3.05) is 65.4 Å². The summed E-state index contributed by atoms with van der Waals surface area (Å²) in [7, 11) is 0. The topological polar surface area (TPSA) is 105 Å². The molecule has 2 rings (SSSR count). The third-order valence-electron chi connectivity index (χ3n) is 6.02. The molecule has 0 spiro atoms. The third-order valence-corrected chi connectivity index (χ3v) is 6.02. The lowest BCUT2D eigenvalue weighted by atomic mass is 10.3. The molecular weight excluding hydrogens is 397 g/mol. The predicted octanol–water partition coefficient (Wildman–Crippen LogP) is -0.0343. The molecule has 0 aliphatic carbocycles. The number of carbonyl (C=O) groups is 3. The number of nitrogens with zero attached hydrogens (tertiary/aromatic N) is 3. The number of carboxylic acid groups (broad SMARTS) is 1. The first-order chi connectivity index (χ1) is 14.5. The number of hydrogen-bond donors (Lipinski definition) is 3. The van der Waals surface area contributed by atoms with Crippen LogP contribution in [0.1, 0.15) is 45.4 Å². The highest BCUT2D eigenvalue weighted by Crippen LogP contribution is 2.18. The van der Waals surface area contributed by atoms with Gasteiger partial charge in [0.15, 0.2) is 0 Å². The van der Waals surface area contributed by atoms with Gasteiger partial charge in [-0.05, 0) is 38.8 Å². The van der Waals surface area contributed by atoms with Gasteiger partial charge >= 0.3 is 5.97 Å². The summed E-state index contributed by atoms with van der Waals surface area (Å²) >= 11 is 0. The number of likely N-dealkylation sites (N-methyl/N-ethyl adjacent to an activating group) is 1. The van der Waals surface area contributed by atoms with E-state index in [-0.39, 0.29) is 18.2 Å². The molecule has 172 valence electrons. The Balaban J connectivity index is 1.55. The number of amides is 2. The van der Waals surface area contributed by atoms with Crippen LogP contribution in [-0.2, 0) is 14.4 Å². The van der Waals surface area contributed by atoms with E-state index in [4.69, 9.17) is 5.11 Å². The van der Waals surface area contributed by atoms with E-state index in [1.54, 1.807) is 0 Å².